The summed E-state index contributed by atoms with van der Waals surface area (Å²) in [5.41, 5.74) is 7.75. The van der Waals surface area contributed by atoms with E-state index in [1.807, 2.05) is 24.3 Å². The molecular formula is C28H29F3N4O6S3. The molecule has 0 bridgehead atoms. The molecular weight excluding hydrogens is 642 g/mol. The molecule has 4 aromatic rings. The Balaban J connectivity index is 0.000000674. The molecule has 1 aliphatic rings. The highest BCUT2D eigenvalue weighted by Crippen LogP contribution is 2.28. The predicted octanol–water partition coefficient (Wildman–Crippen LogP) is 4.33. The minimum Gasteiger partial charge on any atom is -0.475 e. The van der Waals surface area contributed by atoms with Crippen LogP contribution in [0.15, 0.2) is 71.8 Å². The number of aromatic nitrogens is 1. The van der Waals surface area contributed by atoms with E-state index in [-0.39, 0.29) is 50.0 Å². The van der Waals surface area contributed by atoms with Crippen LogP contribution < -0.4 is 9.92 Å². The minimum atomic E-state index is -5.08. The fourth-order valence-electron chi connectivity index (χ4n) is 4.58. The zero-order valence-electron chi connectivity index (χ0n) is 22.8. The number of hydrogen-bond donors (Lipinski definition) is 3. The summed E-state index contributed by atoms with van der Waals surface area (Å²) in [4.78, 5) is 26.5. The third-order valence-corrected chi connectivity index (χ3v) is 7.88. The number of nitriles is 1. The van der Waals surface area contributed by atoms with Gasteiger partial charge in [-0.2, -0.15) is 53.8 Å². The van der Waals surface area contributed by atoms with Gasteiger partial charge in [0, 0.05) is 23.6 Å². The third-order valence-electron chi connectivity index (χ3n) is 6.64. The van der Waals surface area contributed by atoms with Gasteiger partial charge >= 0.3 is 22.3 Å². The second-order valence-electron chi connectivity index (χ2n) is 9.50. The summed E-state index contributed by atoms with van der Waals surface area (Å²) < 4.78 is 63.1. The number of aromatic amines is 1. The monoisotopic (exact) mass is 670 g/mol. The van der Waals surface area contributed by atoms with Gasteiger partial charge in [-0.1, -0.05) is 30.3 Å². The van der Waals surface area contributed by atoms with Crippen molar-refractivity contribution < 1.29 is 40.5 Å². The van der Waals surface area contributed by atoms with Gasteiger partial charge in [-0.25, -0.2) is 4.79 Å². The lowest BCUT2D eigenvalue weighted by Crippen LogP contribution is -2.46. The van der Waals surface area contributed by atoms with E-state index < -0.39 is 34.3 Å². The second-order valence-corrected chi connectivity index (χ2v) is 11.0. The van der Waals surface area contributed by atoms with Crippen molar-refractivity contribution in [1.82, 2.24) is 9.88 Å². The molecule has 4 N–H and O–H groups in total. The molecule has 1 aliphatic heterocycles. The number of carboxylic acids is 1. The van der Waals surface area contributed by atoms with Crippen LogP contribution in [0.1, 0.15) is 18.4 Å². The van der Waals surface area contributed by atoms with E-state index in [1.165, 1.54) is 6.07 Å². The van der Waals surface area contributed by atoms with Gasteiger partial charge in [-0.15, -0.1) is 0 Å². The maximum Gasteiger partial charge on any atom is 0.490 e. The van der Waals surface area contributed by atoms with Crippen LogP contribution in [0.25, 0.3) is 21.7 Å². The average molecular weight is 671 g/mol. The quantitative estimate of drug-likeness (QED) is 0.255. The molecule has 1 saturated heterocycles. The maximum atomic E-state index is 13.0. The normalized spacial score (nSPS) is 15.2. The second kappa shape index (κ2) is 14.7. The van der Waals surface area contributed by atoms with Crippen LogP contribution in [0.2, 0.25) is 0 Å². The molecule has 10 nitrogen and oxygen atoms in total. The zero-order chi connectivity index (χ0) is 30.7. The SMILES string of the molecule is N#C[C@@H]1CCCN1C(=O)[C@@H](N)Cc1c[nH]c2ccc(OS(=O)(=O)c3ccc4ccccc4c3)cc12.O=C(O)C(F)(F)F.S.S. The summed E-state index contributed by atoms with van der Waals surface area (Å²) in [6, 6.07) is 18.2. The molecule has 0 unspecified atom stereocenters. The molecule has 1 aromatic heterocycles. The summed E-state index contributed by atoms with van der Waals surface area (Å²) in [5.74, 6) is -2.85. The minimum absolute atomic E-state index is 0. The zero-order valence-corrected chi connectivity index (χ0v) is 25.7. The van der Waals surface area contributed by atoms with E-state index >= 15 is 0 Å². The number of benzene rings is 3. The Morgan fingerprint density at radius 1 is 1.11 bits per heavy atom. The van der Waals surface area contributed by atoms with Gasteiger partial charge in [0.15, 0.2) is 0 Å². The van der Waals surface area contributed by atoms with Crippen LogP contribution in [-0.4, -0.2) is 60.1 Å². The predicted molar refractivity (Wildman–Crippen MR) is 167 cm³/mol. The van der Waals surface area contributed by atoms with Gasteiger partial charge in [-0.3, -0.25) is 4.79 Å². The standard InChI is InChI=1S/C26H24N4O4S.C2HF3O2.2H2S/c27-15-20-6-3-11-30(20)26(31)24(28)13-19-16-29-25-10-8-21(14-23(19)25)34-35(32,33)22-9-7-17-4-1-2-5-18(17)12-22;3-2(4,5)1(6)7;;/h1-2,4-5,7-10,12,14,16,20,24,29H,3,6,11,13,28H2;(H,6,7);2*1H2/t20-,24-;;;/m0.../s1. The Morgan fingerprint density at radius 3 is 2.41 bits per heavy atom. The van der Waals surface area contributed by atoms with Crippen molar-refractivity contribution in [1.29, 1.82) is 5.26 Å². The summed E-state index contributed by atoms with van der Waals surface area (Å²) in [6.07, 6.45) is -1.63. The number of fused-ring (bicyclic) bond motifs is 2. The van der Waals surface area contributed by atoms with E-state index in [0.29, 0.717) is 13.0 Å². The number of hydrogen-bond acceptors (Lipinski definition) is 7. The first kappa shape index (κ1) is 36.3. The molecule has 2 heterocycles. The number of carboxylic acid groups (broad SMARTS) is 1. The molecule has 16 heteroatoms. The number of nitrogens with zero attached hydrogens (tertiary/aromatic N) is 2. The van der Waals surface area contributed by atoms with Crippen LogP contribution in [0, 0.1) is 11.3 Å². The van der Waals surface area contributed by atoms with Crippen molar-refractivity contribution in [2.24, 2.45) is 5.73 Å². The number of amides is 1. The number of carbonyl (C=O) groups excluding carboxylic acids is 1. The van der Waals surface area contributed by atoms with Crippen LogP contribution in [0.4, 0.5) is 13.2 Å². The number of halogens is 3. The molecule has 0 saturated carbocycles. The Kier molecular flexibility index (Phi) is 12.1. The number of rotatable bonds is 6. The van der Waals surface area contributed by atoms with E-state index in [1.54, 1.807) is 41.4 Å². The molecule has 1 fully saturated rings. The molecule has 0 radical (unpaired) electrons. The van der Waals surface area contributed by atoms with Crippen LogP contribution >= 0.6 is 27.0 Å². The maximum absolute atomic E-state index is 13.0. The van der Waals surface area contributed by atoms with Crippen LogP contribution in [0.3, 0.4) is 0 Å². The van der Waals surface area contributed by atoms with Crippen molar-refractivity contribution in [3.63, 3.8) is 0 Å². The molecule has 236 valence electrons. The van der Waals surface area contributed by atoms with Gasteiger partial charge in [0.05, 0.1) is 12.1 Å². The Hall–Kier alpha value is -3.91. The lowest BCUT2D eigenvalue weighted by atomic mass is 10.0. The van der Waals surface area contributed by atoms with Crippen molar-refractivity contribution in [3.8, 4) is 11.8 Å². The molecule has 0 spiro atoms. The first-order valence-electron chi connectivity index (χ1n) is 12.6. The molecule has 44 heavy (non-hydrogen) atoms. The van der Waals surface area contributed by atoms with E-state index in [9.17, 15) is 31.6 Å². The lowest BCUT2D eigenvalue weighted by molar-refractivity contribution is -0.192. The number of aliphatic carboxylic acids is 1. The molecule has 3 aromatic carbocycles. The van der Waals surface area contributed by atoms with Gasteiger partial charge in [0.25, 0.3) is 0 Å². The highest BCUT2D eigenvalue weighted by Gasteiger charge is 2.38. The highest BCUT2D eigenvalue weighted by atomic mass is 32.2. The Bertz CT molecular complexity index is 1790. The Labute approximate surface area is 264 Å². The van der Waals surface area contributed by atoms with Crippen molar-refractivity contribution in [2.45, 2.75) is 42.4 Å². The van der Waals surface area contributed by atoms with Gasteiger partial charge in [-0.05, 0) is 65.9 Å². The average Bonchev–Trinajstić information content (AvgIpc) is 3.59. The molecule has 0 aliphatic carbocycles. The number of H-pyrrole nitrogens is 1. The van der Waals surface area contributed by atoms with E-state index in [0.717, 1.165) is 33.7 Å². The van der Waals surface area contributed by atoms with E-state index in [4.69, 9.17) is 19.8 Å². The van der Waals surface area contributed by atoms with Crippen molar-refractivity contribution in [2.75, 3.05) is 6.54 Å². The number of carbonyl (C=O) groups is 2. The van der Waals surface area contributed by atoms with Gasteiger partial charge in [0.2, 0.25) is 5.91 Å². The van der Waals surface area contributed by atoms with Crippen molar-refractivity contribution >= 4 is 70.7 Å². The number of nitrogens with one attached hydrogen (secondary N) is 1. The number of likely N-dealkylation sites (tertiary alicyclic amines) is 1. The van der Waals surface area contributed by atoms with Crippen LogP contribution in [0.5, 0.6) is 5.75 Å². The fourth-order valence-corrected chi connectivity index (χ4v) is 5.54. The summed E-state index contributed by atoms with van der Waals surface area (Å²) >= 11 is 0. The lowest BCUT2D eigenvalue weighted by Gasteiger charge is -2.23. The van der Waals surface area contributed by atoms with Gasteiger partial charge in [0.1, 0.15) is 16.7 Å². The first-order valence-corrected chi connectivity index (χ1v) is 14.0. The van der Waals surface area contributed by atoms with E-state index in [2.05, 4.69) is 11.1 Å². The van der Waals surface area contributed by atoms with Crippen LogP contribution in [-0.2, 0) is 26.1 Å². The summed E-state index contributed by atoms with van der Waals surface area (Å²) in [7, 11) is -4.05. The van der Waals surface area contributed by atoms with Crippen molar-refractivity contribution in [3.05, 3.63) is 72.4 Å². The number of nitrogens with two attached hydrogens (primary N) is 1. The molecule has 1 amide bonds. The first-order chi connectivity index (χ1) is 19.8. The molecule has 2 atom stereocenters. The topological polar surface area (TPSA) is 167 Å². The largest absolute Gasteiger partial charge is 0.490 e. The smallest absolute Gasteiger partial charge is 0.475 e. The highest BCUT2D eigenvalue weighted by molar-refractivity contribution is 7.87. The number of alkyl halides is 3. The Morgan fingerprint density at radius 2 is 1.77 bits per heavy atom. The third kappa shape index (κ3) is 8.38. The summed E-state index contributed by atoms with van der Waals surface area (Å²) in [5, 5.41) is 18.9. The fraction of sp³-hybridized carbons (Fsp3) is 0.250. The molecule has 5 rings (SSSR count). The summed E-state index contributed by atoms with van der Waals surface area (Å²) in [6.45, 7) is 0.531. The van der Waals surface area contributed by atoms with Gasteiger partial charge < -0.3 is 24.9 Å².